The van der Waals surface area contributed by atoms with E-state index in [-0.39, 0.29) is 11.8 Å². The van der Waals surface area contributed by atoms with Gasteiger partial charge in [-0.05, 0) is 13.8 Å². The van der Waals surface area contributed by atoms with E-state index in [1.54, 1.807) is 13.8 Å². The summed E-state index contributed by atoms with van der Waals surface area (Å²) in [6, 6.07) is 0. The van der Waals surface area contributed by atoms with Crippen LogP contribution in [0.15, 0.2) is 17.0 Å². The number of hydrogen-bond acceptors (Lipinski definition) is 3. The van der Waals surface area contributed by atoms with Crippen LogP contribution < -0.4 is 5.32 Å². The molecule has 1 aromatic heterocycles. The van der Waals surface area contributed by atoms with Crippen molar-refractivity contribution >= 4 is 23.2 Å². The van der Waals surface area contributed by atoms with Gasteiger partial charge in [0.05, 0.1) is 11.6 Å². The maximum absolute atomic E-state index is 11.5. The third-order valence-corrected chi connectivity index (χ3v) is 2.31. The van der Waals surface area contributed by atoms with E-state index >= 15 is 0 Å². The zero-order chi connectivity index (χ0) is 9.90. The molecule has 72 valence electrons. The summed E-state index contributed by atoms with van der Waals surface area (Å²) in [5.74, 6) is 0.120. The fourth-order valence-electron chi connectivity index (χ4n) is 0.628. The van der Waals surface area contributed by atoms with Crippen LogP contribution >= 0.6 is 11.6 Å². The van der Waals surface area contributed by atoms with Gasteiger partial charge >= 0.3 is 0 Å². The Hall–Kier alpha value is -1.03. The number of rotatable bonds is 3. The zero-order valence-corrected chi connectivity index (χ0v) is 8.26. The van der Waals surface area contributed by atoms with Crippen molar-refractivity contribution < 1.29 is 9.32 Å². The molecular weight excluding hydrogens is 192 g/mol. The smallest absolute Gasteiger partial charge is 0.231 e. The van der Waals surface area contributed by atoms with E-state index in [2.05, 4.69) is 15.0 Å². The van der Waals surface area contributed by atoms with Crippen LogP contribution in [0.25, 0.3) is 0 Å². The topological polar surface area (TPSA) is 55.1 Å². The van der Waals surface area contributed by atoms with Crippen LogP contribution in [-0.4, -0.2) is 16.9 Å². The van der Waals surface area contributed by atoms with Crippen molar-refractivity contribution in [3.05, 3.63) is 12.5 Å². The van der Waals surface area contributed by atoms with Gasteiger partial charge in [0.25, 0.3) is 0 Å². The van der Waals surface area contributed by atoms with Crippen molar-refractivity contribution in [2.45, 2.75) is 13.8 Å². The highest BCUT2D eigenvalue weighted by atomic mass is 35.5. The summed E-state index contributed by atoms with van der Waals surface area (Å²) in [5, 5.41) is 6.09. The molecule has 0 radical (unpaired) electrons. The quantitative estimate of drug-likeness (QED) is 0.762. The zero-order valence-electron chi connectivity index (χ0n) is 7.50. The lowest BCUT2D eigenvalue weighted by Crippen LogP contribution is -2.32. The third-order valence-electron chi connectivity index (χ3n) is 1.64. The van der Waals surface area contributed by atoms with E-state index in [0.29, 0.717) is 5.69 Å². The number of carbonyl (C=O) groups is 1. The Kier molecular flexibility index (Phi) is 2.93. The number of hydrogen-bond donors (Lipinski definition) is 1. The lowest BCUT2D eigenvalue weighted by atomic mass is 9.95. The first kappa shape index (κ1) is 10.1. The predicted octanol–water partition coefficient (Wildman–Crippen LogP) is 1.88. The summed E-state index contributed by atoms with van der Waals surface area (Å²) in [4.78, 5) is 11.5. The molecule has 13 heavy (non-hydrogen) atoms. The molecule has 1 heterocycles. The van der Waals surface area contributed by atoms with Crippen molar-refractivity contribution in [2.24, 2.45) is 5.41 Å². The van der Waals surface area contributed by atoms with Gasteiger partial charge in [-0.3, -0.25) is 4.79 Å². The van der Waals surface area contributed by atoms with Crippen LogP contribution in [0.2, 0.25) is 0 Å². The molecule has 0 fully saturated rings. The van der Waals surface area contributed by atoms with E-state index < -0.39 is 5.41 Å². The van der Waals surface area contributed by atoms with Gasteiger partial charge in [0.15, 0.2) is 0 Å². The standard InChI is InChI=1S/C8H11ClN2O2/c1-8(2,5-9)7(12)11-6-3-10-13-4-6/h3-4H,5H2,1-2H3,(H,11,12). The predicted molar refractivity (Wildman–Crippen MR) is 49.6 cm³/mol. The average Bonchev–Trinajstić information content (AvgIpc) is 2.57. The number of alkyl halides is 1. The number of aromatic nitrogens is 1. The molecule has 0 saturated heterocycles. The van der Waals surface area contributed by atoms with Gasteiger partial charge in [-0.15, -0.1) is 11.6 Å². The molecule has 1 aromatic rings. The van der Waals surface area contributed by atoms with Crippen molar-refractivity contribution in [3.63, 3.8) is 0 Å². The Morgan fingerprint density at radius 3 is 2.92 bits per heavy atom. The van der Waals surface area contributed by atoms with Crippen LogP contribution in [0.1, 0.15) is 13.8 Å². The van der Waals surface area contributed by atoms with Crippen molar-refractivity contribution in [1.82, 2.24) is 5.16 Å². The monoisotopic (exact) mass is 202 g/mol. The molecule has 4 nitrogen and oxygen atoms in total. The highest BCUT2D eigenvalue weighted by molar-refractivity contribution is 6.20. The molecule has 0 saturated carbocycles. The molecule has 1 rings (SSSR count). The molecule has 0 aliphatic heterocycles. The normalized spacial score (nSPS) is 11.3. The Bertz CT molecular complexity index is 282. The van der Waals surface area contributed by atoms with E-state index in [0.717, 1.165) is 0 Å². The number of anilines is 1. The highest BCUT2D eigenvalue weighted by Gasteiger charge is 2.26. The second-order valence-corrected chi connectivity index (χ2v) is 3.65. The molecule has 0 aliphatic rings. The molecule has 0 atom stereocenters. The van der Waals surface area contributed by atoms with Gasteiger partial charge in [-0.2, -0.15) is 0 Å². The van der Waals surface area contributed by atoms with Gasteiger partial charge in [-0.1, -0.05) is 5.16 Å². The first-order chi connectivity index (χ1) is 6.06. The molecule has 1 N–H and O–H groups in total. The molecule has 1 amide bonds. The molecule has 5 heteroatoms. The number of amides is 1. The van der Waals surface area contributed by atoms with Crippen LogP contribution in [-0.2, 0) is 4.79 Å². The van der Waals surface area contributed by atoms with Gasteiger partial charge in [0.1, 0.15) is 12.0 Å². The van der Waals surface area contributed by atoms with E-state index in [9.17, 15) is 4.79 Å². The maximum atomic E-state index is 11.5. The van der Waals surface area contributed by atoms with E-state index in [1.807, 2.05) is 0 Å². The van der Waals surface area contributed by atoms with Crippen LogP contribution in [0, 0.1) is 5.41 Å². The summed E-state index contributed by atoms with van der Waals surface area (Å²) in [7, 11) is 0. The molecule has 0 aliphatic carbocycles. The van der Waals surface area contributed by atoms with E-state index in [1.165, 1.54) is 12.5 Å². The Balaban J connectivity index is 2.61. The first-order valence-corrected chi connectivity index (χ1v) is 4.36. The summed E-state index contributed by atoms with van der Waals surface area (Å²) in [6.45, 7) is 3.53. The maximum Gasteiger partial charge on any atom is 0.231 e. The Morgan fingerprint density at radius 2 is 2.46 bits per heavy atom. The Morgan fingerprint density at radius 1 is 1.77 bits per heavy atom. The number of halogens is 1. The molecule has 0 unspecified atom stereocenters. The lowest BCUT2D eigenvalue weighted by molar-refractivity contribution is -0.122. The lowest BCUT2D eigenvalue weighted by Gasteiger charge is -2.19. The fraction of sp³-hybridized carbons (Fsp3) is 0.500. The summed E-state index contributed by atoms with van der Waals surface area (Å²) in [6.07, 6.45) is 2.80. The number of nitrogens with one attached hydrogen (secondary N) is 1. The van der Waals surface area contributed by atoms with Gasteiger partial charge < -0.3 is 9.84 Å². The second-order valence-electron chi connectivity index (χ2n) is 3.38. The minimum Gasteiger partial charge on any atom is -0.363 e. The number of nitrogens with zero attached hydrogens (tertiary/aromatic N) is 1. The second kappa shape index (κ2) is 3.79. The molecule has 0 bridgehead atoms. The molecule has 0 aromatic carbocycles. The van der Waals surface area contributed by atoms with Crippen molar-refractivity contribution in [1.29, 1.82) is 0 Å². The van der Waals surface area contributed by atoms with Crippen molar-refractivity contribution in [2.75, 3.05) is 11.2 Å². The summed E-state index contributed by atoms with van der Waals surface area (Å²) >= 11 is 5.63. The van der Waals surface area contributed by atoms with Gasteiger partial charge in [-0.25, -0.2) is 0 Å². The SMILES string of the molecule is CC(C)(CCl)C(=O)Nc1cnoc1. The van der Waals surface area contributed by atoms with Gasteiger partial charge in [0, 0.05) is 5.88 Å². The fourth-order valence-corrected chi connectivity index (χ4v) is 0.749. The minimum absolute atomic E-state index is 0.147. The highest BCUT2D eigenvalue weighted by Crippen LogP contribution is 2.19. The largest absolute Gasteiger partial charge is 0.363 e. The van der Waals surface area contributed by atoms with Crippen molar-refractivity contribution in [3.8, 4) is 0 Å². The van der Waals surface area contributed by atoms with Crippen LogP contribution in [0.4, 0.5) is 5.69 Å². The summed E-state index contributed by atoms with van der Waals surface area (Å²) < 4.78 is 4.56. The van der Waals surface area contributed by atoms with Crippen LogP contribution in [0.5, 0.6) is 0 Å². The molecule has 0 spiro atoms. The Labute approximate surface area is 81.2 Å². The first-order valence-electron chi connectivity index (χ1n) is 3.83. The number of carbonyl (C=O) groups excluding carboxylic acids is 1. The summed E-state index contributed by atoms with van der Waals surface area (Å²) in [5.41, 5.74) is -0.0399. The minimum atomic E-state index is -0.584. The third kappa shape index (κ3) is 2.45. The van der Waals surface area contributed by atoms with Crippen LogP contribution in [0.3, 0.4) is 0 Å². The van der Waals surface area contributed by atoms with Gasteiger partial charge in [0.2, 0.25) is 5.91 Å². The molecular formula is C8H11ClN2O2. The average molecular weight is 203 g/mol. The van der Waals surface area contributed by atoms with E-state index in [4.69, 9.17) is 11.6 Å².